The van der Waals surface area contributed by atoms with E-state index in [1.165, 1.54) is 6.07 Å². The first-order chi connectivity index (χ1) is 9.15. The monoisotopic (exact) mass is 266 g/mol. The van der Waals surface area contributed by atoms with E-state index in [0.29, 0.717) is 31.7 Å². The summed E-state index contributed by atoms with van der Waals surface area (Å²) in [4.78, 5) is 11.7. The molecule has 1 amide bonds. The fraction of sp³-hybridized carbons (Fsp3) is 0.500. The van der Waals surface area contributed by atoms with Gasteiger partial charge in [-0.05, 0) is 24.1 Å². The number of hydrogen-bond donors (Lipinski definition) is 2. The SMILES string of the molecule is Cc1ccc(CNC(=O)CC2COCCN2)cc1F. The molecule has 1 heterocycles. The Balaban J connectivity index is 1.77. The van der Waals surface area contributed by atoms with Crippen molar-refractivity contribution in [3.05, 3.63) is 35.1 Å². The van der Waals surface area contributed by atoms with Crippen molar-refractivity contribution < 1.29 is 13.9 Å². The van der Waals surface area contributed by atoms with Crippen molar-refractivity contribution in [2.24, 2.45) is 0 Å². The number of amides is 1. The van der Waals surface area contributed by atoms with Crippen LogP contribution in [0.1, 0.15) is 17.5 Å². The van der Waals surface area contributed by atoms with Crippen molar-refractivity contribution in [3.63, 3.8) is 0 Å². The minimum atomic E-state index is -0.242. The number of carbonyl (C=O) groups is 1. The average Bonchev–Trinajstić information content (AvgIpc) is 2.41. The van der Waals surface area contributed by atoms with Crippen LogP contribution in [-0.4, -0.2) is 31.7 Å². The number of rotatable bonds is 4. The predicted molar refractivity (Wildman–Crippen MR) is 70.2 cm³/mol. The van der Waals surface area contributed by atoms with E-state index in [1.54, 1.807) is 13.0 Å². The van der Waals surface area contributed by atoms with Gasteiger partial charge in [-0.3, -0.25) is 4.79 Å². The van der Waals surface area contributed by atoms with Crippen molar-refractivity contribution >= 4 is 5.91 Å². The number of morpholine rings is 1. The van der Waals surface area contributed by atoms with Crippen LogP contribution in [0.15, 0.2) is 18.2 Å². The van der Waals surface area contributed by atoms with Gasteiger partial charge in [0.05, 0.1) is 13.2 Å². The van der Waals surface area contributed by atoms with E-state index in [1.807, 2.05) is 6.07 Å². The van der Waals surface area contributed by atoms with E-state index < -0.39 is 0 Å². The topological polar surface area (TPSA) is 50.4 Å². The number of aryl methyl sites for hydroxylation is 1. The molecule has 0 bridgehead atoms. The second kappa shape index (κ2) is 6.63. The highest BCUT2D eigenvalue weighted by atomic mass is 19.1. The molecule has 5 heteroatoms. The average molecular weight is 266 g/mol. The van der Waals surface area contributed by atoms with Crippen LogP contribution in [0.3, 0.4) is 0 Å². The summed E-state index contributed by atoms with van der Waals surface area (Å²) in [5.74, 6) is -0.293. The lowest BCUT2D eigenvalue weighted by molar-refractivity contribution is -0.122. The first-order valence-corrected chi connectivity index (χ1v) is 6.48. The zero-order valence-electron chi connectivity index (χ0n) is 11.0. The molecule has 1 aromatic carbocycles. The molecular formula is C14H19FN2O2. The van der Waals surface area contributed by atoms with Crippen LogP contribution in [0.2, 0.25) is 0 Å². The Morgan fingerprint density at radius 3 is 3.11 bits per heavy atom. The molecule has 104 valence electrons. The predicted octanol–water partition coefficient (Wildman–Crippen LogP) is 1.13. The minimum Gasteiger partial charge on any atom is -0.378 e. The normalized spacial score (nSPS) is 19.2. The zero-order valence-corrected chi connectivity index (χ0v) is 11.0. The Hall–Kier alpha value is -1.46. The molecule has 0 aliphatic carbocycles. The van der Waals surface area contributed by atoms with E-state index in [-0.39, 0.29) is 17.8 Å². The fourth-order valence-corrected chi connectivity index (χ4v) is 1.99. The molecule has 0 radical (unpaired) electrons. The summed E-state index contributed by atoms with van der Waals surface area (Å²) in [6.45, 7) is 4.10. The minimum absolute atomic E-state index is 0.0519. The van der Waals surface area contributed by atoms with E-state index >= 15 is 0 Å². The van der Waals surface area contributed by atoms with Gasteiger partial charge in [-0.25, -0.2) is 4.39 Å². The van der Waals surface area contributed by atoms with Crippen molar-refractivity contribution in [1.82, 2.24) is 10.6 Å². The second-order valence-electron chi connectivity index (χ2n) is 4.79. The van der Waals surface area contributed by atoms with Gasteiger partial charge in [0.2, 0.25) is 5.91 Å². The van der Waals surface area contributed by atoms with Crippen molar-refractivity contribution in [3.8, 4) is 0 Å². The quantitative estimate of drug-likeness (QED) is 0.859. The molecule has 1 aromatic rings. The highest BCUT2D eigenvalue weighted by Gasteiger charge is 2.16. The highest BCUT2D eigenvalue weighted by molar-refractivity contribution is 5.76. The molecule has 0 aromatic heterocycles. The highest BCUT2D eigenvalue weighted by Crippen LogP contribution is 2.09. The molecule has 2 rings (SSSR count). The third-order valence-corrected chi connectivity index (χ3v) is 3.16. The Labute approximate surface area is 112 Å². The molecule has 1 aliphatic heterocycles. The van der Waals surface area contributed by atoms with E-state index in [2.05, 4.69) is 10.6 Å². The van der Waals surface area contributed by atoms with Crippen molar-refractivity contribution in [2.45, 2.75) is 25.9 Å². The van der Waals surface area contributed by atoms with Gasteiger partial charge >= 0.3 is 0 Å². The smallest absolute Gasteiger partial charge is 0.221 e. The van der Waals surface area contributed by atoms with Crippen LogP contribution in [-0.2, 0) is 16.1 Å². The number of carbonyl (C=O) groups excluding carboxylic acids is 1. The molecule has 1 atom stereocenters. The lowest BCUT2D eigenvalue weighted by atomic mass is 10.1. The summed E-state index contributed by atoms with van der Waals surface area (Å²) in [7, 11) is 0. The lowest BCUT2D eigenvalue weighted by Crippen LogP contribution is -2.44. The lowest BCUT2D eigenvalue weighted by Gasteiger charge is -2.23. The summed E-state index contributed by atoms with van der Waals surface area (Å²) in [6, 6.07) is 5.06. The molecule has 2 N–H and O–H groups in total. The Kier molecular flexibility index (Phi) is 4.87. The molecule has 1 unspecified atom stereocenters. The summed E-state index contributed by atoms with van der Waals surface area (Å²) >= 11 is 0. The molecule has 19 heavy (non-hydrogen) atoms. The third-order valence-electron chi connectivity index (χ3n) is 3.16. The van der Waals surface area contributed by atoms with E-state index in [9.17, 15) is 9.18 Å². The Morgan fingerprint density at radius 2 is 2.42 bits per heavy atom. The summed E-state index contributed by atoms with van der Waals surface area (Å²) in [6.07, 6.45) is 0.383. The third kappa shape index (κ3) is 4.29. The first-order valence-electron chi connectivity index (χ1n) is 6.48. The Bertz CT molecular complexity index is 445. The maximum Gasteiger partial charge on any atom is 0.221 e. The molecule has 1 saturated heterocycles. The van der Waals surface area contributed by atoms with Gasteiger partial charge in [0.25, 0.3) is 0 Å². The van der Waals surface area contributed by atoms with E-state index in [4.69, 9.17) is 4.74 Å². The molecule has 0 spiro atoms. The molecule has 4 nitrogen and oxygen atoms in total. The second-order valence-corrected chi connectivity index (χ2v) is 4.79. The van der Waals surface area contributed by atoms with Gasteiger partial charge in [0, 0.05) is 25.6 Å². The summed E-state index contributed by atoms with van der Waals surface area (Å²) in [5.41, 5.74) is 1.38. The van der Waals surface area contributed by atoms with Gasteiger partial charge in [0.15, 0.2) is 0 Å². The van der Waals surface area contributed by atoms with Gasteiger partial charge < -0.3 is 15.4 Å². The molecule has 1 fully saturated rings. The summed E-state index contributed by atoms with van der Waals surface area (Å²) < 4.78 is 18.6. The van der Waals surface area contributed by atoms with Crippen LogP contribution in [0.5, 0.6) is 0 Å². The zero-order chi connectivity index (χ0) is 13.7. The molecular weight excluding hydrogens is 247 g/mol. The van der Waals surface area contributed by atoms with Crippen LogP contribution >= 0.6 is 0 Å². The number of hydrogen-bond acceptors (Lipinski definition) is 3. The van der Waals surface area contributed by atoms with Crippen molar-refractivity contribution in [2.75, 3.05) is 19.8 Å². The summed E-state index contributed by atoms with van der Waals surface area (Å²) in [5, 5.41) is 6.01. The van der Waals surface area contributed by atoms with Gasteiger partial charge in [0.1, 0.15) is 5.82 Å². The molecule has 0 saturated carbocycles. The number of nitrogens with one attached hydrogen (secondary N) is 2. The van der Waals surface area contributed by atoms with Gasteiger partial charge in [-0.15, -0.1) is 0 Å². The van der Waals surface area contributed by atoms with Crippen LogP contribution < -0.4 is 10.6 Å². The van der Waals surface area contributed by atoms with E-state index in [0.717, 1.165) is 12.1 Å². The largest absolute Gasteiger partial charge is 0.378 e. The van der Waals surface area contributed by atoms with Gasteiger partial charge in [-0.1, -0.05) is 12.1 Å². The maximum atomic E-state index is 13.3. The standard InChI is InChI=1S/C14H19FN2O2/c1-10-2-3-11(6-13(10)15)8-17-14(18)7-12-9-19-5-4-16-12/h2-3,6,12,16H,4-5,7-9H2,1H3,(H,17,18). The Morgan fingerprint density at radius 1 is 1.58 bits per heavy atom. The first kappa shape index (κ1) is 14.0. The van der Waals surface area contributed by atoms with Crippen LogP contribution in [0, 0.1) is 12.7 Å². The number of halogens is 1. The fourth-order valence-electron chi connectivity index (χ4n) is 1.99. The maximum absolute atomic E-state index is 13.3. The van der Waals surface area contributed by atoms with Gasteiger partial charge in [-0.2, -0.15) is 0 Å². The number of ether oxygens (including phenoxy) is 1. The van der Waals surface area contributed by atoms with Crippen LogP contribution in [0.4, 0.5) is 4.39 Å². The van der Waals surface area contributed by atoms with Crippen molar-refractivity contribution in [1.29, 1.82) is 0 Å². The number of benzene rings is 1. The molecule has 1 aliphatic rings. The van der Waals surface area contributed by atoms with Crippen LogP contribution in [0.25, 0.3) is 0 Å².